The lowest BCUT2D eigenvalue weighted by Crippen LogP contribution is -2.45. The van der Waals surface area contributed by atoms with Gasteiger partial charge in [-0.3, -0.25) is 9.48 Å². The van der Waals surface area contributed by atoms with Crippen molar-refractivity contribution in [3.8, 4) is 11.3 Å². The Morgan fingerprint density at radius 3 is 2.58 bits per heavy atom. The molecule has 8 heteroatoms. The Morgan fingerprint density at radius 2 is 1.94 bits per heavy atom. The molecule has 2 N–H and O–H groups in total. The summed E-state index contributed by atoms with van der Waals surface area (Å²) in [4.78, 5) is 25.6. The number of alkyl carbamates (subject to hydrolysis) is 1. The summed E-state index contributed by atoms with van der Waals surface area (Å²) in [5.41, 5.74) is 2.38. The standard InChI is InChI=1S/C23H28N4O3S/c1-23(2,3)30-22(29)24-14-18(12-16-8-6-5-7-9-16)26-21(28)20-13-17(15-31-20)19-10-11-25-27(19)4/h5-11,13,15,18H,12,14H2,1-4H3,(H,24,29)(H,26,28). The van der Waals surface area contributed by atoms with Crippen LogP contribution in [0.5, 0.6) is 0 Å². The highest BCUT2D eigenvalue weighted by Crippen LogP contribution is 2.25. The van der Waals surface area contributed by atoms with Crippen molar-refractivity contribution in [2.75, 3.05) is 6.54 Å². The second-order valence-corrected chi connectivity index (χ2v) is 9.19. The van der Waals surface area contributed by atoms with Gasteiger partial charge in [0, 0.05) is 30.7 Å². The number of amides is 2. The molecule has 0 aliphatic carbocycles. The van der Waals surface area contributed by atoms with Gasteiger partial charge in [0.1, 0.15) is 5.60 Å². The normalized spacial score (nSPS) is 12.3. The van der Waals surface area contributed by atoms with E-state index < -0.39 is 11.7 Å². The maximum atomic E-state index is 12.9. The molecule has 0 fully saturated rings. The van der Waals surface area contributed by atoms with E-state index in [1.54, 1.807) is 10.9 Å². The maximum absolute atomic E-state index is 12.9. The van der Waals surface area contributed by atoms with Crippen molar-refractivity contribution in [1.29, 1.82) is 0 Å². The lowest BCUT2D eigenvalue weighted by Gasteiger charge is -2.22. The van der Waals surface area contributed by atoms with Gasteiger partial charge in [0.25, 0.3) is 5.91 Å². The van der Waals surface area contributed by atoms with Crippen LogP contribution in [-0.2, 0) is 18.2 Å². The Hall–Kier alpha value is -3.13. The van der Waals surface area contributed by atoms with Crippen molar-refractivity contribution in [3.05, 3.63) is 64.5 Å². The molecule has 31 heavy (non-hydrogen) atoms. The van der Waals surface area contributed by atoms with Crippen LogP contribution in [0, 0.1) is 0 Å². The number of ether oxygens (including phenoxy) is 1. The number of hydrogen-bond acceptors (Lipinski definition) is 5. The summed E-state index contributed by atoms with van der Waals surface area (Å²) in [6.45, 7) is 5.70. The minimum atomic E-state index is -0.582. The predicted molar refractivity (Wildman–Crippen MR) is 122 cm³/mol. The molecule has 1 aromatic carbocycles. The summed E-state index contributed by atoms with van der Waals surface area (Å²) in [5.74, 6) is -0.176. The average Bonchev–Trinajstić information content (AvgIpc) is 3.34. The van der Waals surface area contributed by atoms with E-state index in [0.29, 0.717) is 11.3 Å². The zero-order valence-electron chi connectivity index (χ0n) is 18.2. The third kappa shape index (κ3) is 6.68. The number of nitrogens with one attached hydrogen (secondary N) is 2. The van der Waals surface area contributed by atoms with Gasteiger partial charge in [-0.2, -0.15) is 5.10 Å². The van der Waals surface area contributed by atoms with Gasteiger partial charge in [-0.15, -0.1) is 11.3 Å². The highest BCUT2D eigenvalue weighted by Gasteiger charge is 2.20. The van der Waals surface area contributed by atoms with E-state index in [9.17, 15) is 9.59 Å². The Bertz CT molecular complexity index is 1020. The molecule has 3 aromatic rings. The van der Waals surface area contributed by atoms with Gasteiger partial charge in [0.2, 0.25) is 0 Å². The molecular weight excluding hydrogens is 412 g/mol. The van der Waals surface area contributed by atoms with Crippen molar-refractivity contribution in [3.63, 3.8) is 0 Å². The number of carbonyl (C=O) groups is 2. The van der Waals surface area contributed by atoms with Crippen molar-refractivity contribution in [2.24, 2.45) is 7.05 Å². The van der Waals surface area contributed by atoms with Crippen LogP contribution in [0.3, 0.4) is 0 Å². The fourth-order valence-electron chi connectivity index (χ4n) is 3.10. The summed E-state index contributed by atoms with van der Waals surface area (Å²) in [6.07, 6.45) is 1.81. The van der Waals surface area contributed by atoms with Gasteiger partial charge in [-0.1, -0.05) is 30.3 Å². The van der Waals surface area contributed by atoms with Gasteiger partial charge < -0.3 is 15.4 Å². The molecule has 0 aliphatic heterocycles. The van der Waals surface area contributed by atoms with Gasteiger partial charge in [-0.25, -0.2) is 4.79 Å². The number of benzene rings is 1. The summed E-state index contributed by atoms with van der Waals surface area (Å²) in [6, 6.07) is 13.3. The van der Waals surface area contributed by atoms with Gasteiger partial charge >= 0.3 is 6.09 Å². The molecule has 1 atom stereocenters. The number of nitrogens with zero attached hydrogens (tertiary/aromatic N) is 2. The number of rotatable bonds is 7. The van der Waals surface area contributed by atoms with Crippen molar-refractivity contribution in [1.82, 2.24) is 20.4 Å². The third-order valence-electron chi connectivity index (χ3n) is 4.49. The van der Waals surface area contributed by atoms with Crippen molar-refractivity contribution >= 4 is 23.3 Å². The van der Waals surface area contributed by atoms with E-state index in [-0.39, 0.29) is 18.5 Å². The van der Waals surface area contributed by atoms with Gasteiger partial charge in [0.15, 0.2) is 0 Å². The second-order valence-electron chi connectivity index (χ2n) is 8.28. The molecule has 1 unspecified atom stereocenters. The van der Waals surface area contributed by atoms with Crippen molar-refractivity contribution in [2.45, 2.75) is 38.8 Å². The molecule has 0 saturated carbocycles. The number of thiophene rings is 1. The lowest BCUT2D eigenvalue weighted by molar-refractivity contribution is 0.0520. The van der Waals surface area contributed by atoms with E-state index in [1.165, 1.54) is 11.3 Å². The molecular formula is C23H28N4O3S. The number of aromatic nitrogens is 2. The molecule has 2 amide bonds. The third-order valence-corrected chi connectivity index (χ3v) is 5.42. The Kier molecular flexibility index (Phi) is 7.12. The monoisotopic (exact) mass is 440 g/mol. The van der Waals surface area contributed by atoms with E-state index in [2.05, 4.69) is 15.7 Å². The van der Waals surface area contributed by atoms with E-state index in [1.807, 2.05) is 75.7 Å². The molecule has 0 saturated heterocycles. The quantitative estimate of drug-likeness (QED) is 0.581. The van der Waals surface area contributed by atoms with Crippen molar-refractivity contribution < 1.29 is 14.3 Å². The molecule has 0 aliphatic rings. The molecule has 2 aromatic heterocycles. The molecule has 2 heterocycles. The van der Waals surface area contributed by atoms with Crippen LogP contribution < -0.4 is 10.6 Å². The van der Waals surface area contributed by atoms with Crippen LogP contribution in [0.25, 0.3) is 11.3 Å². The van der Waals surface area contributed by atoms with Crippen LogP contribution in [0.4, 0.5) is 4.79 Å². The van der Waals surface area contributed by atoms with Crippen LogP contribution in [0.2, 0.25) is 0 Å². The second kappa shape index (κ2) is 9.78. The molecule has 0 spiro atoms. The molecule has 7 nitrogen and oxygen atoms in total. The molecule has 0 radical (unpaired) electrons. The maximum Gasteiger partial charge on any atom is 0.407 e. The first-order chi connectivity index (χ1) is 14.7. The van der Waals surface area contributed by atoms with Crippen LogP contribution in [-0.4, -0.2) is 40.0 Å². The number of aryl methyl sites for hydroxylation is 1. The van der Waals surface area contributed by atoms with Crippen LogP contribution >= 0.6 is 11.3 Å². The fourth-order valence-corrected chi connectivity index (χ4v) is 3.90. The van der Waals surface area contributed by atoms with Gasteiger partial charge in [0.05, 0.1) is 16.6 Å². The van der Waals surface area contributed by atoms with Crippen LogP contribution in [0.1, 0.15) is 36.0 Å². The van der Waals surface area contributed by atoms with Gasteiger partial charge in [-0.05, 0) is 44.9 Å². The van der Waals surface area contributed by atoms with E-state index >= 15 is 0 Å². The fraction of sp³-hybridized carbons (Fsp3) is 0.348. The van der Waals surface area contributed by atoms with E-state index in [0.717, 1.165) is 16.8 Å². The minimum absolute atomic E-state index is 0.176. The summed E-state index contributed by atoms with van der Waals surface area (Å²) < 4.78 is 7.09. The minimum Gasteiger partial charge on any atom is -0.444 e. The average molecular weight is 441 g/mol. The lowest BCUT2D eigenvalue weighted by atomic mass is 10.1. The largest absolute Gasteiger partial charge is 0.444 e. The summed E-state index contributed by atoms with van der Waals surface area (Å²) >= 11 is 1.38. The SMILES string of the molecule is Cn1nccc1-c1csc(C(=O)NC(CNC(=O)OC(C)(C)C)Cc2ccccc2)c1. The predicted octanol–water partition coefficient (Wildman–Crippen LogP) is 4.01. The zero-order valence-corrected chi connectivity index (χ0v) is 19.0. The number of hydrogen-bond donors (Lipinski definition) is 2. The topological polar surface area (TPSA) is 85.3 Å². The highest BCUT2D eigenvalue weighted by molar-refractivity contribution is 7.12. The number of carbonyl (C=O) groups excluding carboxylic acids is 2. The smallest absolute Gasteiger partial charge is 0.407 e. The Balaban J connectivity index is 1.68. The highest BCUT2D eigenvalue weighted by atomic mass is 32.1. The Labute approximate surface area is 186 Å². The summed E-state index contributed by atoms with van der Waals surface area (Å²) in [5, 5.41) is 11.9. The first-order valence-electron chi connectivity index (χ1n) is 10.1. The summed E-state index contributed by atoms with van der Waals surface area (Å²) in [7, 11) is 1.87. The molecule has 0 bridgehead atoms. The van der Waals surface area contributed by atoms with E-state index in [4.69, 9.17) is 4.74 Å². The Morgan fingerprint density at radius 1 is 1.19 bits per heavy atom. The van der Waals surface area contributed by atoms with Crippen LogP contribution in [0.15, 0.2) is 54.0 Å². The first-order valence-corrected chi connectivity index (χ1v) is 11.0. The first kappa shape index (κ1) is 22.6. The molecule has 3 rings (SSSR count). The zero-order chi connectivity index (χ0) is 22.4. The molecule has 164 valence electrons.